The van der Waals surface area contributed by atoms with Gasteiger partial charge in [-0.15, -0.1) is 0 Å². The van der Waals surface area contributed by atoms with Crippen LogP contribution in [0.1, 0.15) is 15.9 Å². The summed E-state index contributed by atoms with van der Waals surface area (Å²) in [6.07, 6.45) is 4.54. The first kappa shape index (κ1) is 9.65. The molecule has 0 amide bonds. The summed E-state index contributed by atoms with van der Waals surface area (Å²) in [5.41, 5.74) is 1.04. The summed E-state index contributed by atoms with van der Waals surface area (Å²) in [5, 5.41) is 0. The summed E-state index contributed by atoms with van der Waals surface area (Å²) in [6.45, 7) is 0. The number of hydrogen-bond donors (Lipinski definition) is 0. The van der Waals surface area contributed by atoms with Crippen molar-refractivity contribution in [3.63, 3.8) is 0 Å². The zero-order valence-corrected chi connectivity index (χ0v) is 8.20. The predicted octanol–water partition coefficient (Wildman–Crippen LogP) is 2.20. The Morgan fingerprint density at radius 2 is 1.93 bits per heavy atom. The molecule has 0 spiro atoms. The average Bonchev–Trinajstić information content (AvgIpc) is 2.65. The fraction of sp³-hybridized carbons (Fsp3) is 0.0833. The Bertz CT molecular complexity index is 485. The van der Waals surface area contributed by atoms with Crippen molar-refractivity contribution in [2.45, 2.75) is 0 Å². The van der Waals surface area contributed by atoms with Crippen LogP contribution in [0.2, 0.25) is 0 Å². The lowest BCUT2D eigenvalue weighted by atomic mass is 10.1. The van der Waals surface area contributed by atoms with Crippen LogP contribution in [0.3, 0.4) is 0 Å². The zero-order chi connectivity index (χ0) is 10.8. The van der Waals surface area contributed by atoms with E-state index in [1.165, 1.54) is 24.3 Å². The molecule has 0 bridgehead atoms. The number of hydrogen-bond acceptors (Lipinski definition) is 1. The Kier molecular flexibility index (Phi) is 2.37. The number of carbonyl (C=O) groups is 1. The molecule has 0 aliphatic carbocycles. The molecule has 0 fully saturated rings. The number of halogens is 1. The first-order valence-electron chi connectivity index (χ1n) is 4.51. The van der Waals surface area contributed by atoms with Gasteiger partial charge in [0.15, 0.2) is 5.78 Å². The van der Waals surface area contributed by atoms with Gasteiger partial charge in [-0.25, -0.2) is 4.39 Å². The van der Waals surface area contributed by atoms with Crippen molar-refractivity contribution in [1.82, 2.24) is 4.57 Å². The minimum atomic E-state index is -0.342. The molecule has 0 aliphatic heterocycles. The molecule has 2 nitrogen and oxygen atoms in total. The molecular formula is C12H9FNO. The minimum Gasteiger partial charge on any atom is -0.349 e. The largest absolute Gasteiger partial charge is 0.349 e. The fourth-order valence-electron chi connectivity index (χ4n) is 1.35. The van der Waals surface area contributed by atoms with E-state index in [1.807, 2.05) is 0 Å². The third-order valence-electron chi connectivity index (χ3n) is 2.13. The molecule has 0 aliphatic rings. The minimum absolute atomic E-state index is 0.119. The summed E-state index contributed by atoms with van der Waals surface area (Å²) < 4.78 is 14.3. The molecule has 1 aromatic carbocycles. The van der Waals surface area contributed by atoms with E-state index in [-0.39, 0.29) is 11.6 Å². The van der Waals surface area contributed by atoms with Gasteiger partial charge in [-0.05, 0) is 30.3 Å². The third kappa shape index (κ3) is 1.96. The van der Waals surface area contributed by atoms with Gasteiger partial charge >= 0.3 is 0 Å². The number of aromatic nitrogens is 1. The maximum absolute atomic E-state index is 12.6. The van der Waals surface area contributed by atoms with Crippen molar-refractivity contribution >= 4 is 5.78 Å². The molecule has 15 heavy (non-hydrogen) atoms. The van der Waals surface area contributed by atoms with Gasteiger partial charge in [-0.1, -0.05) is 0 Å². The van der Waals surface area contributed by atoms with Gasteiger partial charge in [0.2, 0.25) is 0 Å². The maximum Gasteiger partial charge on any atom is 0.194 e. The predicted molar refractivity (Wildman–Crippen MR) is 54.1 cm³/mol. The molecule has 3 heteroatoms. The van der Waals surface area contributed by atoms with Crippen LogP contribution in [0, 0.1) is 12.0 Å². The number of aryl methyl sites for hydroxylation is 1. The Hall–Kier alpha value is -1.90. The lowest BCUT2D eigenvalue weighted by molar-refractivity contribution is 0.103. The Balaban J connectivity index is 2.32. The van der Waals surface area contributed by atoms with Crippen LogP contribution in [0.15, 0.2) is 36.5 Å². The van der Waals surface area contributed by atoms with Crippen molar-refractivity contribution in [2.24, 2.45) is 7.05 Å². The van der Waals surface area contributed by atoms with Crippen molar-refractivity contribution in [2.75, 3.05) is 0 Å². The van der Waals surface area contributed by atoms with E-state index >= 15 is 0 Å². The number of ketones is 1. The van der Waals surface area contributed by atoms with E-state index in [1.54, 1.807) is 23.9 Å². The first-order chi connectivity index (χ1) is 7.16. The van der Waals surface area contributed by atoms with Crippen LogP contribution < -0.4 is 0 Å². The van der Waals surface area contributed by atoms with Crippen molar-refractivity contribution < 1.29 is 9.18 Å². The summed E-state index contributed by atoms with van der Waals surface area (Å²) in [6, 6.07) is 7.13. The number of nitrogens with zero attached hydrogens (tertiary/aromatic N) is 1. The van der Waals surface area contributed by atoms with Gasteiger partial charge in [0.1, 0.15) is 5.82 Å². The van der Waals surface area contributed by atoms with Gasteiger partial charge in [0.05, 0.1) is 6.20 Å². The molecule has 1 radical (unpaired) electrons. The lowest BCUT2D eigenvalue weighted by Gasteiger charge is -1.97. The average molecular weight is 202 g/mol. The van der Waals surface area contributed by atoms with Crippen LogP contribution in [-0.2, 0) is 7.05 Å². The van der Waals surface area contributed by atoms with E-state index < -0.39 is 0 Å². The molecule has 1 aromatic heterocycles. The second-order valence-corrected chi connectivity index (χ2v) is 3.30. The van der Waals surface area contributed by atoms with E-state index in [2.05, 4.69) is 6.20 Å². The topological polar surface area (TPSA) is 22.0 Å². The number of carbonyl (C=O) groups excluding carboxylic acids is 1. The highest BCUT2D eigenvalue weighted by Crippen LogP contribution is 2.10. The van der Waals surface area contributed by atoms with E-state index in [0.29, 0.717) is 11.1 Å². The third-order valence-corrected chi connectivity index (χ3v) is 2.13. The maximum atomic E-state index is 12.6. The van der Waals surface area contributed by atoms with Gasteiger partial charge in [-0.3, -0.25) is 4.79 Å². The Morgan fingerprint density at radius 1 is 1.27 bits per heavy atom. The highest BCUT2D eigenvalue weighted by atomic mass is 19.1. The fourth-order valence-corrected chi connectivity index (χ4v) is 1.35. The van der Waals surface area contributed by atoms with Crippen molar-refractivity contribution in [1.29, 1.82) is 0 Å². The SMILES string of the molecule is Cn1[c]cc(C(=O)c2ccc(F)cc2)c1. The quantitative estimate of drug-likeness (QED) is 0.684. The highest BCUT2D eigenvalue weighted by Gasteiger charge is 2.09. The summed E-state index contributed by atoms with van der Waals surface area (Å²) in [5.74, 6) is -0.460. The van der Waals surface area contributed by atoms with E-state index in [4.69, 9.17) is 0 Å². The van der Waals surface area contributed by atoms with Crippen LogP contribution in [0.4, 0.5) is 4.39 Å². The Morgan fingerprint density at radius 3 is 2.47 bits per heavy atom. The summed E-state index contributed by atoms with van der Waals surface area (Å²) in [7, 11) is 1.79. The van der Waals surface area contributed by atoms with Crippen LogP contribution in [0.25, 0.3) is 0 Å². The Labute approximate surface area is 87.0 Å². The molecule has 0 saturated heterocycles. The summed E-state index contributed by atoms with van der Waals surface area (Å²) >= 11 is 0. The molecule has 1 heterocycles. The van der Waals surface area contributed by atoms with Gasteiger partial charge in [0, 0.05) is 24.4 Å². The molecular weight excluding hydrogens is 193 g/mol. The standard InChI is InChI=1S/C12H9FNO/c1-14-7-6-10(8-14)12(15)9-2-4-11(13)5-3-9/h2-6,8H,1H3. The van der Waals surface area contributed by atoms with E-state index in [0.717, 1.165) is 0 Å². The first-order valence-corrected chi connectivity index (χ1v) is 4.51. The monoisotopic (exact) mass is 202 g/mol. The van der Waals surface area contributed by atoms with Gasteiger partial charge < -0.3 is 4.57 Å². The lowest BCUT2D eigenvalue weighted by Crippen LogP contribution is -1.99. The van der Waals surface area contributed by atoms with Gasteiger partial charge in [-0.2, -0.15) is 0 Å². The van der Waals surface area contributed by atoms with Crippen LogP contribution >= 0.6 is 0 Å². The van der Waals surface area contributed by atoms with Gasteiger partial charge in [0.25, 0.3) is 0 Å². The van der Waals surface area contributed by atoms with Crippen molar-refractivity contribution in [3.8, 4) is 0 Å². The van der Waals surface area contributed by atoms with Crippen LogP contribution in [0.5, 0.6) is 0 Å². The van der Waals surface area contributed by atoms with Crippen molar-refractivity contribution in [3.05, 3.63) is 59.7 Å². The molecule has 2 aromatic rings. The molecule has 0 unspecified atom stereocenters. The van der Waals surface area contributed by atoms with E-state index in [9.17, 15) is 9.18 Å². The normalized spacial score (nSPS) is 10.3. The molecule has 2 rings (SSSR count). The molecule has 75 valence electrons. The second kappa shape index (κ2) is 3.69. The number of rotatable bonds is 2. The summed E-state index contributed by atoms with van der Waals surface area (Å²) in [4.78, 5) is 11.8. The molecule has 0 saturated carbocycles. The number of benzene rings is 1. The molecule has 0 atom stereocenters. The molecule has 0 N–H and O–H groups in total. The highest BCUT2D eigenvalue weighted by molar-refractivity contribution is 6.08. The zero-order valence-electron chi connectivity index (χ0n) is 8.20. The smallest absolute Gasteiger partial charge is 0.194 e. The second-order valence-electron chi connectivity index (χ2n) is 3.30. The van der Waals surface area contributed by atoms with Crippen LogP contribution in [-0.4, -0.2) is 10.4 Å².